The normalized spacial score (nSPS) is 15.3. The zero-order valence-corrected chi connectivity index (χ0v) is 25.2. The van der Waals surface area contributed by atoms with Crippen molar-refractivity contribution in [2.45, 2.75) is 57.4 Å². The highest BCUT2D eigenvalue weighted by molar-refractivity contribution is 7.90. The molecule has 5 aromatic rings. The Morgan fingerprint density at radius 2 is 1.74 bits per heavy atom. The monoisotopic (exact) mass is 583 g/mol. The maximum atomic E-state index is 13.6. The third kappa shape index (κ3) is 4.25. The molecule has 0 amide bonds. The molecule has 0 saturated heterocycles. The van der Waals surface area contributed by atoms with Crippen molar-refractivity contribution in [2.24, 2.45) is 7.05 Å². The van der Waals surface area contributed by atoms with E-state index in [1.807, 2.05) is 38.6 Å². The molecule has 1 aliphatic heterocycles. The Labute approximate surface area is 245 Å². The molecule has 0 atom stereocenters. The molecule has 0 N–H and O–H groups in total. The highest BCUT2D eigenvalue weighted by Gasteiger charge is 2.31. The molecule has 2 aliphatic rings. The summed E-state index contributed by atoms with van der Waals surface area (Å²) in [6.07, 6.45) is 3.15. The van der Waals surface area contributed by atoms with E-state index in [4.69, 9.17) is 19.8 Å². The molecule has 0 spiro atoms. The number of ether oxygens (including phenoxy) is 1. The number of hydrogen-bond donors (Lipinski definition) is 0. The molecule has 0 bridgehead atoms. The van der Waals surface area contributed by atoms with Gasteiger partial charge in [-0.15, -0.1) is 0 Å². The molecule has 10 nitrogen and oxygen atoms in total. The number of methoxy groups -OCH3 is 1. The Balaban J connectivity index is 1.31. The van der Waals surface area contributed by atoms with Crippen LogP contribution in [0.4, 0.5) is 5.82 Å². The number of benzene rings is 2. The van der Waals surface area contributed by atoms with Crippen LogP contribution in [0.3, 0.4) is 0 Å². The number of rotatable bonds is 6. The second-order valence-electron chi connectivity index (χ2n) is 11.4. The molecule has 0 unspecified atom stereocenters. The first-order valence-corrected chi connectivity index (χ1v) is 15.6. The summed E-state index contributed by atoms with van der Waals surface area (Å²) in [5, 5.41) is 9.98. The summed E-state index contributed by atoms with van der Waals surface area (Å²) in [6, 6.07) is 12.7. The van der Waals surface area contributed by atoms with Crippen LogP contribution in [0.2, 0.25) is 0 Å². The highest BCUT2D eigenvalue weighted by Crippen LogP contribution is 2.41. The van der Waals surface area contributed by atoms with Crippen LogP contribution in [0.5, 0.6) is 5.88 Å². The van der Waals surface area contributed by atoms with Crippen molar-refractivity contribution in [1.82, 2.24) is 28.9 Å². The van der Waals surface area contributed by atoms with Crippen molar-refractivity contribution in [1.29, 1.82) is 0 Å². The maximum Gasteiger partial charge on any atom is 0.283 e. The minimum atomic E-state index is -3.91. The van der Waals surface area contributed by atoms with Crippen LogP contribution in [0, 0.1) is 20.8 Å². The Hall–Kier alpha value is -4.25. The molecular formula is C31H33N7O3S. The molecule has 1 saturated carbocycles. The van der Waals surface area contributed by atoms with E-state index in [1.165, 1.54) is 18.5 Å². The number of aromatic nitrogens is 6. The first kappa shape index (κ1) is 26.6. The Bertz CT molecular complexity index is 1960. The van der Waals surface area contributed by atoms with Gasteiger partial charge in [-0.25, -0.2) is 4.98 Å². The number of hydrogen-bond acceptors (Lipinski definition) is 8. The van der Waals surface area contributed by atoms with Gasteiger partial charge in [0, 0.05) is 42.9 Å². The zero-order chi connectivity index (χ0) is 29.3. The van der Waals surface area contributed by atoms with Crippen molar-refractivity contribution < 1.29 is 13.2 Å². The predicted molar refractivity (Wildman–Crippen MR) is 160 cm³/mol. The van der Waals surface area contributed by atoms with Crippen LogP contribution in [-0.4, -0.2) is 51.0 Å². The predicted octanol–water partition coefficient (Wildman–Crippen LogP) is 4.84. The van der Waals surface area contributed by atoms with E-state index in [0.717, 1.165) is 50.8 Å². The lowest BCUT2D eigenvalue weighted by Crippen LogP contribution is -2.33. The van der Waals surface area contributed by atoms with E-state index in [-0.39, 0.29) is 4.90 Å². The largest absolute Gasteiger partial charge is 0.481 e. The van der Waals surface area contributed by atoms with Gasteiger partial charge in [0.2, 0.25) is 5.88 Å². The van der Waals surface area contributed by atoms with Crippen LogP contribution in [0.15, 0.2) is 47.4 Å². The van der Waals surface area contributed by atoms with Crippen molar-refractivity contribution in [3.63, 3.8) is 0 Å². The maximum absolute atomic E-state index is 13.6. The van der Waals surface area contributed by atoms with Crippen LogP contribution in [-0.2, 0) is 30.0 Å². The van der Waals surface area contributed by atoms with Gasteiger partial charge in [-0.2, -0.15) is 27.7 Å². The van der Waals surface area contributed by atoms with E-state index in [9.17, 15) is 8.42 Å². The molecular weight excluding hydrogens is 550 g/mol. The van der Waals surface area contributed by atoms with Crippen molar-refractivity contribution in [2.75, 3.05) is 18.6 Å². The molecule has 4 heterocycles. The molecule has 3 aromatic heterocycles. The lowest BCUT2D eigenvalue weighted by molar-refractivity contribution is 0.388. The van der Waals surface area contributed by atoms with Gasteiger partial charge >= 0.3 is 0 Å². The quantitative estimate of drug-likeness (QED) is 0.280. The molecule has 1 fully saturated rings. The van der Waals surface area contributed by atoms with Gasteiger partial charge in [-0.3, -0.25) is 4.68 Å². The average molecular weight is 584 g/mol. The summed E-state index contributed by atoms with van der Waals surface area (Å²) in [5.41, 5.74) is 6.82. The van der Waals surface area contributed by atoms with Crippen LogP contribution >= 0.6 is 0 Å². The summed E-state index contributed by atoms with van der Waals surface area (Å²) < 4.78 is 36.2. The van der Waals surface area contributed by atoms with Crippen molar-refractivity contribution >= 4 is 26.7 Å². The van der Waals surface area contributed by atoms with Crippen LogP contribution < -0.4 is 9.64 Å². The van der Waals surface area contributed by atoms with E-state index >= 15 is 0 Å². The number of fused-ring (bicyclic) bond motifs is 2. The van der Waals surface area contributed by atoms with E-state index in [2.05, 4.69) is 16.1 Å². The fourth-order valence-electron chi connectivity index (χ4n) is 5.96. The van der Waals surface area contributed by atoms with Crippen molar-refractivity contribution in [3.05, 3.63) is 76.2 Å². The molecule has 42 heavy (non-hydrogen) atoms. The van der Waals surface area contributed by atoms with Crippen LogP contribution in [0.25, 0.3) is 22.3 Å². The third-order valence-corrected chi connectivity index (χ3v) is 9.98. The van der Waals surface area contributed by atoms with E-state index in [1.54, 1.807) is 37.4 Å². The summed E-state index contributed by atoms with van der Waals surface area (Å²) in [7, 11) is -0.280. The fourth-order valence-corrected chi connectivity index (χ4v) is 7.28. The van der Waals surface area contributed by atoms with Crippen molar-refractivity contribution in [3.8, 4) is 17.3 Å². The second-order valence-corrected chi connectivity index (χ2v) is 13.1. The highest BCUT2D eigenvalue weighted by atomic mass is 32.2. The summed E-state index contributed by atoms with van der Waals surface area (Å²) in [4.78, 5) is 12.4. The lowest BCUT2D eigenvalue weighted by Gasteiger charge is -2.30. The van der Waals surface area contributed by atoms with Gasteiger partial charge in [0.15, 0.2) is 5.82 Å². The summed E-state index contributed by atoms with van der Waals surface area (Å²) in [5.74, 6) is 2.72. The minimum Gasteiger partial charge on any atom is -0.481 e. The molecule has 7 rings (SSSR count). The molecule has 11 heteroatoms. The smallest absolute Gasteiger partial charge is 0.283 e. The second kappa shape index (κ2) is 9.65. The lowest BCUT2D eigenvalue weighted by atomic mass is 10.0. The minimum absolute atomic E-state index is 0.188. The number of nitrogens with zero attached hydrogens (tertiary/aromatic N) is 7. The van der Waals surface area contributed by atoms with Gasteiger partial charge < -0.3 is 9.64 Å². The van der Waals surface area contributed by atoms with E-state index < -0.39 is 10.0 Å². The molecule has 0 radical (unpaired) electrons. The number of anilines is 1. The SMILES string of the molecule is COc1nc(-c2c(C)ccc3c2c(C)nn3S(=O)(=O)c2ccc(C)cc2)nc2c1CN(c1cc(C3CC3)nn1C)CC2. The van der Waals surface area contributed by atoms with Gasteiger partial charge in [-0.1, -0.05) is 23.8 Å². The Kier molecular flexibility index (Phi) is 6.12. The summed E-state index contributed by atoms with van der Waals surface area (Å²) >= 11 is 0. The first-order valence-electron chi connectivity index (χ1n) is 14.2. The fraction of sp³-hybridized carbons (Fsp3) is 0.355. The molecule has 216 valence electrons. The van der Waals surface area contributed by atoms with Gasteiger partial charge in [0.1, 0.15) is 5.82 Å². The van der Waals surface area contributed by atoms with Gasteiger partial charge in [0.25, 0.3) is 10.0 Å². The first-order chi connectivity index (χ1) is 20.2. The van der Waals surface area contributed by atoms with Crippen LogP contribution in [0.1, 0.15) is 52.5 Å². The van der Waals surface area contributed by atoms with Gasteiger partial charge in [0.05, 0.1) is 46.7 Å². The Morgan fingerprint density at radius 3 is 2.45 bits per heavy atom. The molecule has 2 aromatic carbocycles. The molecule has 1 aliphatic carbocycles. The third-order valence-electron chi connectivity index (χ3n) is 8.38. The zero-order valence-electron chi connectivity index (χ0n) is 24.4. The summed E-state index contributed by atoms with van der Waals surface area (Å²) in [6.45, 7) is 7.15. The Morgan fingerprint density at radius 1 is 0.976 bits per heavy atom. The topological polar surface area (TPSA) is 108 Å². The average Bonchev–Trinajstić information content (AvgIpc) is 3.67. The van der Waals surface area contributed by atoms with E-state index in [0.29, 0.717) is 40.8 Å². The standard InChI is InChI=1S/C31H33N7O3S/c1-18-6-11-22(12-7-18)42(39,40)38-26-13-8-19(2)28(29(26)20(3)34-38)30-32-24-14-15-37(17-23(24)31(33-30)41-5)27-16-25(21-9-10-21)35-36(27)4/h6-8,11-13,16,21H,9-10,14-15,17H2,1-5H3. The number of aryl methyl sites for hydroxylation is 4. The van der Waals surface area contributed by atoms with Gasteiger partial charge in [-0.05, 0) is 57.4 Å².